The maximum absolute atomic E-state index is 12.0. The second kappa shape index (κ2) is 7.44. The zero-order chi connectivity index (χ0) is 17.0. The van der Waals surface area contributed by atoms with Crippen molar-refractivity contribution in [3.8, 4) is 0 Å². The number of carbonyl (C=O) groups excluding carboxylic acids is 1. The van der Waals surface area contributed by atoms with Crippen LogP contribution >= 0.6 is 11.6 Å². The Labute approximate surface area is 137 Å². The molecule has 1 N–H and O–H groups in total. The van der Waals surface area contributed by atoms with Gasteiger partial charge in [0.05, 0.1) is 12.8 Å². The van der Waals surface area contributed by atoms with Crippen LogP contribution in [-0.2, 0) is 21.4 Å². The Kier molecular flexibility index (Phi) is 6.40. The maximum Gasteiger partial charge on any atom is 0.235 e. The number of nitrogens with one attached hydrogen (secondary N) is 1. The van der Waals surface area contributed by atoms with Gasteiger partial charge < -0.3 is 5.32 Å². The van der Waals surface area contributed by atoms with Crippen molar-refractivity contribution in [2.75, 3.05) is 19.3 Å². The molecule has 0 aliphatic carbocycles. The molecule has 0 aliphatic heterocycles. The minimum Gasteiger partial charge on any atom is -0.354 e. The Morgan fingerprint density at radius 2 is 1.77 bits per heavy atom. The van der Waals surface area contributed by atoms with Gasteiger partial charge in [-0.1, -0.05) is 44.5 Å². The van der Waals surface area contributed by atoms with Crippen molar-refractivity contribution < 1.29 is 13.2 Å². The molecule has 0 spiro atoms. The molecular weight excluding hydrogens is 324 g/mol. The van der Waals surface area contributed by atoms with Crippen LogP contribution in [-0.4, -0.2) is 38.0 Å². The lowest BCUT2D eigenvalue weighted by Gasteiger charge is -2.22. The van der Waals surface area contributed by atoms with Crippen molar-refractivity contribution in [1.29, 1.82) is 0 Å². The summed E-state index contributed by atoms with van der Waals surface area (Å²) in [4.78, 5) is 12.0. The lowest BCUT2D eigenvalue weighted by molar-refractivity contribution is -0.121. The molecule has 0 fully saturated rings. The minimum absolute atomic E-state index is 0.0538. The smallest absolute Gasteiger partial charge is 0.235 e. The van der Waals surface area contributed by atoms with Gasteiger partial charge in [-0.15, -0.1) is 0 Å². The molecule has 1 aromatic carbocycles. The Morgan fingerprint density at radius 3 is 2.23 bits per heavy atom. The molecule has 7 heteroatoms. The fourth-order valence-corrected chi connectivity index (χ4v) is 2.53. The highest BCUT2D eigenvalue weighted by Crippen LogP contribution is 2.13. The van der Waals surface area contributed by atoms with E-state index in [0.717, 1.165) is 16.1 Å². The molecule has 22 heavy (non-hydrogen) atoms. The van der Waals surface area contributed by atoms with Gasteiger partial charge in [-0.3, -0.25) is 4.79 Å². The van der Waals surface area contributed by atoms with Gasteiger partial charge >= 0.3 is 0 Å². The predicted molar refractivity (Wildman–Crippen MR) is 89.2 cm³/mol. The molecule has 0 aromatic heterocycles. The summed E-state index contributed by atoms with van der Waals surface area (Å²) in [6.07, 6.45) is 1.10. The van der Waals surface area contributed by atoms with Crippen LogP contribution in [0.5, 0.6) is 0 Å². The molecule has 5 nitrogen and oxygen atoms in total. The van der Waals surface area contributed by atoms with Crippen molar-refractivity contribution in [3.63, 3.8) is 0 Å². The van der Waals surface area contributed by atoms with Gasteiger partial charge in [0.15, 0.2) is 0 Å². The number of nitrogens with zero attached hydrogens (tertiary/aromatic N) is 1. The summed E-state index contributed by atoms with van der Waals surface area (Å²) in [5.41, 5.74) is 0.723. The number of halogens is 1. The number of sulfonamides is 1. The Bertz CT molecular complexity index is 607. The molecule has 1 rings (SSSR count). The lowest BCUT2D eigenvalue weighted by Crippen LogP contribution is -2.42. The van der Waals surface area contributed by atoms with Gasteiger partial charge in [-0.2, -0.15) is 4.31 Å². The van der Waals surface area contributed by atoms with Gasteiger partial charge in [0.2, 0.25) is 15.9 Å². The molecular formula is C15H23ClN2O3S. The summed E-state index contributed by atoms with van der Waals surface area (Å²) in [7, 11) is -3.48. The number of benzene rings is 1. The quantitative estimate of drug-likeness (QED) is 0.859. The van der Waals surface area contributed by atoms with Crippen LogP contribution in [0, 0.1) is 5.41 Å². The van der Waals surface area contributed by atoms with Gasteiger partial charge in [0.1, 0.15) is 0 Å². The van der Waals surface area contributed by atoms with Crippen LogP contribution in [0.2, 0.25) is 5.02 Å². The summed E-state index contributed by atoms with van der Waals surface area (Å²) in [6.45, 7) is 6.42. The Hall–Kier alpha value is -1.11. The molecule has 0 aliphatic rings. The van der Waals surface area contributed by atoms with Crippen molar-refractivity contribution in [3.05, 3.63) is 34.9 Å². The zero-order valence-electron chi connectivity index (χ0n) is 13.4. The number of amides is 1. The highest BCUT2D eigenvalue weighted by Gasteiger charge is 2.21. The highest BCUT2D eigenvalue weighted by molar-refractivity contribution is 7.88. The lowest BCUT2D eigenvalue weighted by atomic mass is 9.97. The third-order valence-corrected chi connectivity index (χ3v) is 4.33. The van der Waals surface area contributed by atoms with E-state index in [2.05, 4.69) is 5.32 Å². The fraction of sp³-hybridized carbons (Fsp3) is 0.533. The van der Waals surface area contributed by atoms with E-state index in [1.165, 1.54) is 0 Å². The minimum atomic E-state index is -3.48. The fourth-order valence-electron chi connectivity index (χ4n) is 1.66. The topological polar surface area (TPSA) is 66.5 Å². The Balaban J connectivity index is 2.74. The summed E-state index contributed by atoms with van der Waals surface area (Å²) >= 11 is 5.81. The molecule has 0 heterocycles. The van der Waals surface area contributed by atoms with E-state index in [9.17, 15) is 13.2 Å². The van der Waals surface area contributed by atoms with E-state index in [1.807, 2.05) is 20.8 Å². The van der Waals surface area contributed by atoms with E-state index >= 15 is 0 Å². The molecule has 1 amide bonds. The molecule has 124 valence electrons. The largest absolute Gasteiger partial charge is 0.354 e. The van der Waals surface area contributed by atoms with Gasteiger partial charge in [0.25, 0.3) is 0 Å². The number of rotatable bonds is 6. The van der Waals surface area contributed by atoms with Crippen LogP contribution in [0.1, 0.15) is 26.3 Å². The van der Waals surface area contributed by atoms with Crippen LogP contribution < -0.4 is 5.32 Å². The number of carbonyl (C=O) groups is 1. The van der Waals surface area contributed by atoms with E-state index in [1.54, 1.807) is 24.3 Å². The van der Waals surface area contributed by atoms with Crippen LogP contribution in [0.4, 0.5) is 0 Å². The van der Waals surface area contributed by atoms with Crippen LogP contribution in [0.15, 0.2) is 24.3 Å². The predicted octanol–water partition coefficient (Wildman–Crippen LogP) is 2.26. The SMILES string of the molecule is CC(C)(C)CNC(=O)CN(Cc1ccc(Cl)cc1)S(C)(=O)=O. The van der Waals surface area contributed by atoms with E-state index in [-0.39, 0.29) is 24.4 Å². The first-order valence-corrected chi connectivity index (χ1v) is 9.16. The third kappa shape index (κ3) is 7.24. The highest BCUT2D eigenvalue weighted by atomic mass is 35.5. The van der Waals surface area contributed by atoms with Crippen molar-refractivity contribution in [2.24, 2.45) is 5.41 Å². The van der Waals surface area contributed by atoms with Crippen molar-refractivity contribution >= 4 is 27.5 Å². The average Bonchev–Trinajstić information content (AvgIpc) is 2.36. The first-order valence-electron chi connectivity index (χ1n) is 6.94. The molecule has 0 saturated heterocycles. The zero-order valence-corrected chi connectivity index (χ0v) is 15.0. The van der Waals surface area contributed by atoms with E-state index < -0.39 is 10.0 Å². The van der Waals surface area contributed by atoms with E-state index in [0.29, 0.717) is 11.6 Å². The summed E-state index contributed by atoms with van der Waals surface area (Å²) in [5.74, 6) is -0.311. The van der Waals surface area contributed by atoms with Crippen LogP contribution in [0.3, 0.4) is 0 Å². The van der Waals surface area contributed by atoms with Crippen molar-refractivity contribution in [2.45, 2.75) is 27.3 Å². The second-order valence-corrected chi connectivity index (χ2v) is 8.91. The molecule has 0 atom stereocenters. The van der Waals surface area contributed by atoms with Crippen LogP contribution in [0.25, 0.3) is 0 Å². The summed E-state index contributed by atoms with van der Waals surface area (Å²) < 4.78 is 24.9. The maximum atomic E-state index is 12.0. The molecule has 0 saturated carbocycles. The number of hydrogen-bond acceptors (Lipinski definition) is 3. The summed E-state index contributed by atoms with van der Waals surface area (Å²) in [6, 6.07) is 6.87. The third-order valence-electron chi connectivity index (χ3n) is 2.88. The molecule has 0 radical (unpaired) electrons. The first kappa shape index (κ1) is 18.9. The molecule has 1 aromatic rings. The average molecular weight is 347 g/mol. The monoisotopic (exact) mass is 346 g/mol. The van der Waals surface area contributed by atoms with Gasteiger partial charge in [0, 0.05) is 18.1 Å². The first-order chi connectivity index (χ1) is 9.97. The van der Waals surface area contributed by atoms with Gasteiger partial charge in [-0.25, -0.2) is 8.42 Å². The molecule has 0 bridgehead atoms. The summed E-state index contributed by atoms with van der Waals surface area (Å²) in [5, 5.41) is 3.34. The normalized spacial score (nSPS) is 12.5. The molecule has 0 unspecified atom stereocenters. The Morgan fingerprint density at radius 1 is 1.23 bits per heavy atom. The van der Waals surface area contributed by atoms with Gasteiger partial charge in [-0.05, 0) is 23.1 Å². The standard InChI is InChI=1S/C15H23ClN2O3S/c1-15(2,3)11-17-14(19)10-18(22(4,20)21)9-12-5-7-13(16)8-6-12/h5-8H,9-11H2,1-4H3,(H,17,19). The second-order valence-electron chi connectivity index (χ2n) is 6.49. The number of hydrogen-bond donors (Lipinski definition) is 1. The van der Waals surface area contributed by atoms with Crippen molar-refractivity contribution in [1.82, 2.24) is 9.62 Å². The van der Waals surface area contributed by atoms with E-state index in [4.69, 9.17) is 11.6 Å².